The molecule has 0 radical (unpaired) electrons. The van der Waals surface area contributed by atoms with Crippen molar-refractivity contribution in [2.45, 2.75) is 27.7 Å². The van der Waals surface area contributed by atoms with Gasteiger partial charge in [-0.1, -0.05) is 0 Å². The summed E-state index contributed by atoms with van der Waals surface area (Å²) >= 11 is 0. The number of ether oxygens (including phenoxy) is 4. The zero-order valence-corrected chi connectivity index (χ0v) is 17.2. The van der Waals surface area contributed by atoms with Gasteiger partial charge in [0, 0.05) is 17.7 Å². The van der Waals surface area contributed by atoms with E-state index in [4.69, 9.17) is 23.4 Å². The van der Waals surface area contributed by atoms with Gasteiger partial charge in [0.25, 0.3) is 0 Å². The van der Waals surface area contributed by atoms with Crippen LogP contribution in [0, 0.1) is 0 Å². The van der Waals surface area contributed by atoms with Gasteiger partial charge in [-0.2, -0.15) is 0 Å². The maximum atomic E-state index is 13.0. The highest BCUT2D eigenvalue weighted by Gasteiger charge is 2.22. The minimum absolute atomic E-state index is 0.206. The summed E-state index contributed by atoms with van der Waals surface area (Å²) in [6.45, 7) is 9.36. The Kier molecular flexibility index (Phi) is 6.65. The summed E-state index contributed by atoms with van der Waals surface area (Å²) < 4.78 is 28.8. The molecular formula is C23H26O6. The van der Waals surface area contributed by atoms with Gasteiger partial charge in [0.15, 0.2) is 16.9 Å². The van der Waals surface area contributed by atoms with E-state index in [0.29, 0.717) is 60.4 Å². The van der Waals surface area contributed by atoms with Crippen LogP contribution in [0.4, 0.5) is 0 Å². The highest BCUT2D eigenvalue weighted by molar-refractivity contribution is 5.90. The van der Waals surface area contributed by atoms with Crippen LogP contribution in [0.15, 0.2) is 45.6 Å². The first kappa shape index (κ1) is 20.6. The van der Waals surface area contributed by atoms with Gasteiger partial charge in [-0.15, -0.1) is 0 Å². The van der Waals surface area contributed by atoms with Crippen molar-refractivity contribution in [1.29, 1.82) is 0 Å². The molecule has 0 atom stereocenters. The molecule has 0 saturated heterocycles. The molecule has 6 nitrogen and oxygen atoms in total. The quantitative estimate of drug-likeness (QED) is 0.502. The summed E-state index contributed by atoms with van der Waals surface area (Å²) in [6, 6.07) is 10.6. The largest absolute Gasteiger partial charge is 0.494 e. The molecule has 0 amide bonds. The predicted octanol–water partition coefficient (Wildman–Crippen LogP) is 5.05. The lowest BCUT2D eigenvalue weighted by Gasteiger charge is -2.17. The van der Waals surface area contributed by atoms with E-state index in [9.17, 15) is 4.79 Å². The molecule has 2 aromatic carbocycles. The first-order valence-corrected chi connectivity index (χ1v) is 9.89. The third-order valence-electron chi connectivity index (χ3n) is 4.22. The molecule has 1 aromatic heterocycles. The second-order valence-electron chi connectivity index (χ2n) is 6.14. The van der Waals surface area contributed by atoms with Gasteiger partial charge in [-0.3, -0.25) is 4.79 Å². The zero-order valence-electron chi connectivity index (χ0n) is 17.2. The topological polar surface area (TPSA) is 67.1 Å². The Morgan fingerprint density at radius 1 is 0.759 bits per heavy atom. The van der Waals surface area contributed by atoms with Gasteiger partial charge in [0.2, 0.25) is 5.75 Å². The van der Waals surface area contributed by atoms with E-state index in [1.165, 1.54) is 6.07 Å². The van der Waals surface area contributed by atoms with E-state index in [0.717, 1.165) is 11.3 Å². The van der Waals surface area contributed by atoms with Crippen LogP contribution in [0.3, 0.4) is 0 Å². The minimum Gasteiger partial charge on any atom is -0.494 e. The molecule has 0 unspecified atom stereocenters. The molecule has 29 heavy (non-hydrogen) atoms. The predicted molar refractivity (Wildman–Crippen MR) is 113 cm³/mol. The Hall–Kier alpha value is -3.15. The van der Waals surface area contributed by atoms with Gasteiger partial charge in [-0.05, 0) is 52.0 Å². The van der Waals surface area contributed by atoms with Crippen LogP contribution < -0.4 is 24.4 Å². The fraction of sp³-hybridized carbons (Fsp3) is 0.348. The molecule has 0 aliphatic carbocycles. The molecule has 0 aliphatic rings. The number of benzene rings is 2. The SMILES string of the molecule is CCOc1ccc(-c2cc(=O)c3c(OCC)c(OCC)c(OCC)cc3o2)cc1. The molecule has 154 valence electrons. The van der Waals surface area contributed by atoms with Crippen molar-refractivity contribution in [3.05, 3.63) is 46.6 Å². The lowest BCUT2D eigenvalue weighted by molar-refractivity contribution is 0.262. The van der Waals surface area contributed by atoms with E-state index in [1.807, 2.05) is 52.0 Å². The molecule has 0 aliphatic heterocycles. The van der Waals surface area contributed by atoms with Gasteiger partial charge >= 0.3 is 0 Å². The Bertz CT molecular complexity index is 1020. The van der Waals surface area contributed by atoms with Crippen LogP contribution in [0.1, 0.15) is 27.7 Å². The van der Waals surface area contributed by atoms with Gasteiger partial charge < -0.3 is 23.4 Å². The summed E-state index contributed by atoms with van der Waals surface area (Å²) in [5.74, 6) is 2.47. The maximum absolute atomic E-state index is 13.0. The molecule has 6 heteroatoms. The smallest absolute Gasteiger partial charge is 0.204 e. The third-order valence-corrected chi connectivity index (χ3v) is 4.22. The molecule has 1 heterocycles. The van der Waals surface area contributed by atoms with Crippen LogP contribution in [0.2, 0.25) is 0 Å². The number of fused-ring (bicyclic) bond motifs is 1. The Labute approximate surface area is 170 Å². The van der Waals surface area contributed by atoms with E-state index in [-0.39, 0.29) is 5.43 Å². The van der Waals surface area contributed by atoms with E-state index < -0.39 is 0 Å². The Morgan fingerprint density at radius 3 is 2.00 bits per heavy atom. The molecule has 3 rings (SSSR count). The molecule has 0 bridgehead atoms. The lowest BCUT2D eigenvalue weighted by atomic mass is 10.1. The second-order valence-corrected chi connectivity index (χ2v) is 6.14. The summed E-state index contributed by atoms with van der Waals surface area (Å²) in [7, 11) is 0. The van der Waals surface area contributed by atoms with Crippen molar-refractivity contribution in [3.8, 4) is 34.3 Å². The van der Waals surface area contributed by atoms with Crippen molar-refractivity contribution in [2.75, 3.05) is 26.4 Å². The van der Waals surface area contributed by atoms with Crippen molar-refractivity contribution < 1.29 is 23.4 Å². The second kappa shape index (κ2) is 9.37. The van der Waals surface area contributed by atoms with Crippen molar-refractivity contribution in [2.24, 2.45) is 0 Å². The monoisotopic (exact) mass is 398 g/mol. The number of rotatable bonds is 9. The fourth-order valence-electron chi connectivity index (χ4n) is 3.10. The molecule has 0 N–H and O–H groups in total. The Balaban J connectivity index is 2.20. The first-order chi connectivity index (χ1) is 14.1. The van der Waals surface area contributed by atoms with Crippen molar-refractivity contribution in [1.82, 2.24) is 0 Å². The molecule has 3 aromatic rings. The van der Waals surface area contributed by atoms with E-state index in [1.54, 1.807) is 6.07 Å². The van der Waals surface area contributed by atoms with Crippen LogP contribution in [0.25, 0.3) is 22.3 Å². The molecular weight excluding hydrogens is 372 g/mol. The van der Waals surface area contributed by atoms with Crippen LogP contribution in [-0.4, -0.2) is 26.4 Å². The Morgan fingerprint density at radius 2 is 1.38 bits per heavy atom. The zero-order chi connectivity index (χ0) is 20.8. The van der Waals surface area contributed by atoms with E-state index >= 15 is 0 Å². The van der Waals surface area contributed by atoms with Gasteiger partial charge in [0.1, 0.15) is 22.5 Å². The normalized spacial score (nSPS) is 10.8. The molecule has 0 spiro atoms. The summed E-state index contributed by atoms with van der Waals surface area (Å²) in [6.07, 6.45) is 0. The standard InChI is InChI=1S/C23H26O6/c1-5-25-16-11-9-15(10-12-16)18-13-17(24)21-19(29-18)14-20(26-6-2)22(27-7-3)23(21)28-8-4/h9-14H,5-8H2,1-4H3. The highest BCUT2D eigenvalue weighted by atomic mass is 16.5. The lowest BCUT2D eigenvalue weighted by Crippen LogP contribution is -2.08. The van der Waals surface area contributed by atoms with Crippen LogP contribution in [0.5, 0.6) is 23.0 Å². The number of hydrogen-bond acceptors (Lipinski definition) is 6. The summed E-state index contributed by atoms with van der Waals surface area (Å²) in [5, 5.41) is 0.341. The van der Waals surface area contributed by atoms with Crippen LogP contribution in [-0.2, 0) is 0 Å². The molecule has 0 fully saturated rings. The highest BCUT2D eigenvalue weighted by Crippen LogP contribution is 2.43. The van der Waals surface area contributed by atoms with Crippen LogP contribution >= 0.6 is 0 Å². The van der Waals surface area contributed by atoms with E-state index in [2.05, 4.69) is 0 Å². The first-order valence-electron chi connectivity index (χ1n) is 9.89. The molecule has 0 saturated carbocycles. The van der Waals surface area contributed by atoms with Crippen molar-refractivity contribution >= 4 is 11.0 Å². The summed E-state index contributed by atoms with van der Waals surface area (Å²) in [4.78, 5) is 13.0. The fourth-order valence-corrected chi connectivity index (χ4v) is 3.10. The number of hydrogen-bond donors (Lipinski definition) is 0. The summed E-state index contributed by atoms with van der Waals surface area (Å²) in [5.41, 5.74) is 0.955. The maximum Gasteiger partial charge on any atom is 0.204 e. The third kappa shape index (κ3) is 4.31. The van der Waals surface area contributed by atoms with Gasteiger partial charge in [0.05, 0.1) is 26.4 Å². The minimum atomic E-state index is -0.206. The average Bonchev–Trinajstić information content (AvgIpc) is 2.71. The van der Waals surface area contributed by atoms with Crippen molar-refractivity contribution in [3.63, 3.8) is 0 Å². The van der Waals surface area contributed by atoms with Gasteiger partial charge in [-0.25, -0.2) is 0 Å². The average molecular weight is 398 g/mol.